The van der Waals surface area contributed by atoms with Crippen LogP contribution < -0.4 is 14.2 Å². The average molecular weight is 428 g/mol. The minimum atomic E-state index is -0.824. The molecule has 0 fully saturated rings. The summed E-state index contributed by atoms with van der Waals surface area (Å²) in [4.78, 5) is 13.4. The molecule has 6 nitrogen and oxygen atoms in total. The number of methoxy groups -OCH3 is 2. The molecule has 2 atom stereocenters. The molecule has 0 amide bonds. The first-order chi connectivity index (χ1) is 15.6. The molecule has 0 saturated carbocycles. The zero-order chi connectivity index (χ0) is 22.2. The van der Waals surface area contributed by atoms with Crippen LogP contribution in [0.5, 0.6) is 17.2 Å². The van der Waals surface area contributed by atoms with Crippen molar-refractivity contribution in [3.05, 3.63) is 89.0 Å². The van der Waals surface area contributed by atoms with Crippen LogP contribution in [0.4, 0.5) is 0 Å². The number of nitrogens with zero attached hydrogens (tertiary/aromatic N) is 2. The van der Waals surface area contributed by atoms with Gasteiger partial charge in [0.25, 0.3) is 6.23 Å². The fourth-order valence-corrected chi connectivity index (χ4v) is 4.26. The van der Waals surface area contributed by atoms with E-state index in [1.165, 1.54) is 0 Å². The molecule has 2 heterocycles. The van der Waals surface area contributed by atoms with Crippen molar-refractivity contribution in [2.24, 2.45) is 5.10 Å². The lowest BCUT2D eigenvalue weighted by Gasteiger charge is -2.37. The Kier molecular flexibility index (Phi) is 5.05. The number of hydrogen-bond donors (Lipinski definition) is 0. The highest BCUT2D eigenvalue weighted by molar-refractivity contribution is 6.04. The van der Waals surface area contributed by atoms with E-state index in [-0.39, 0.29) is 11.8 Å². The number of fused-ring (bicyclic) bond motifs is 3. The molecule has 32 heavy (non-hydrogen) atoms. The highest BCUT2D eigenvalue weighted by Crippen LogP contribution is 2.44. The number of aryl methyl sites for hydroxylation is 1. The lowest BCUT2D eigenvalue weighted by Crippen LogP contribution is -2.45. The number of hydrazone groups is 1. The van der Waals surface area contributed by atoms with E-state index < -0.39 is 6.23 Å². The van der Waals surface area contributed by atoms with Gasteiger partial charge in [-0.1, -0.05) is 48.0 Å². The smallest absolute Gasteiger partial charge is 0.251 e. The van der Waals surface area contributed by atoms with Gasteiger partial charge in [0.15, 0.2) is 11.5 Å². The van der Waals surface area contributed by atoms with Crippen LogP contribution in [-0.4, -0.2) is 37.0 Å². The number of para-hydroxylation sites is 1. The van der Waals surface area contributed by atoms with Gasteiger partial charge in [0, 0.05) is 23.1 Å². The number of carbonyl (C=O) groups is 1. The molecule has 0 N–H and O–H groups in total. The fourth-order valence-electron chi connectivity index (χ4n) is 4.26. The van der Waals surface area contributed by atoms with Gasteiger partial charge in [-0.2, -0.15) is 5.10 Å². The van der Waals surface area contributed by atoms with Crippen molar-refractivity contribution in [1.82, 2.24) is 5.01 Å². The molecular weight excluding hydrogens is 404 g/mol. The normalized spacial score (nSPS) is 18.8. The third-order valence-electron chi connectivity index (χ3n) is 5.98. The van der Waals surface area contributed by atoms with Crippen LogP contribution in [0, 0.1) is 6.92 Å². The predicted molar refractivity (Wildman–Crippen MR) is 122 cm³/mol. The van der Waals surface area contributed by atoms with Crippen molar-refractivity contribution in [3.63, 3.8) is 0 Å². The van der Waals surface area contributed by atoms with Crippen LogP contribution in [0.3, 0.4) is 0 Å². The Labute approximate surface area is 187 Å². The lowest BCUT2D eigenvalue weighted by atomic mass is 9.95. The summed E-state index contributed by atoms with van der Waals surface area (Å²) in [6.07, 6.45) is -0.164. The molecule has 6 heteroatoms. The van der Waals surface area contributed by atoms with Crippen molar-refractivity contribution in [2.75, 3.05) is 14.2 Å². The van der Waals surface area contributed by atoms with E-state index in [2.05, 4.69) is 0 Å². The minimum Gasteiger partial charge on any atom is -0.493 e. The highest BCUT2D eigenvalue weighted by atomic mass is 16.5. The molecule has 0 radical (unpaired) electrons. The SMILES string of the molecule is COc1ccc(C2=NN3[C@@H](C(=O)c4ccc(C)cc4)Oc4ccccc4[C@@H]3C2)cc1OC. The largest absolute Gasteiger partial charge is 0.493 e. The first-order valence-corrected chi connectivity index (χ1v) is 10.5. The molecular formula is C26H24N2O4. The number of rotatable bonds is 5. The average Bonchev–Trinajstić information content (AvgIpc) is 3.29. The molecule has 162 valence electrons. The van der Waals surface area contributed by atoms with E-state index >= 15 is 0 Å². The molecule has 0 saturated heterocycles. The van der Waals surface area contributed by atoms with Crippen LogP contribution in [-0.2, 0) is 0 Å². The van der Waals surface area contributed by atoms with Crippen molar-refractivity contribution < 1.29 is 19.0 Å². The topological polar surface area (TPSA) is 60.4 Å². The summed E-state index contributed by atoms with van der Waals surface area (Å²) in [5, 5.41) is 6.67. The first-order valence-electron chi connectivity index (χ1n) is 10.5. The Hall–Kier alpha value is -3.80. The second kappa shape index (κ2) is 8.04. The van der Waals surface area contributed by atoms with E-state index in [0.29, 0.717) is 23.5 Å². The van der Waals surface area contributed by atoms with Crippen LogP contribution >= 0.6 is 0 Å². The molecule has 2 aliphatic rings. The minimum absolute atomic E-state index is 0.0811. The summed E-state index contributed by atoms with van der Waals surface area (Å²) in [5.41, 5.74) is 4.53. The molecule has 0 aromatic heterocycles. The number of ketones is 1. The monoisotopic (exact) mass is 428 g/mol. The molecule has 0 spiro atoms. The number of hydrogen-bond acceptors (Lipinski definition) is 6. The second-order valence-corrected chi connectivity index (χ2v) is 7.95. The van der Waals surface area contributed by atoms with Crippen LogP contribution in [0.2, 0.25) is 0 Å². The maximum atomic E-state index is 13.4. The van der Waals surface area contributed by atoms with Gasteiger partial charge in [0.1, 0.15) is 5.75 Å². The van der Waals surface area contributed by atoms with Gasteiger partial charge in [0.2, 0.25) is 5.78 Å². The Bertz CT molecular complexity index is 1200. The van der Waals surface area contributed by atoms with Crippen molar-refractivity contribution in [2.45, 2.75) is 25.6 Å². The van der Waals surface area contributed by atoms with E-state index in [9.17, 15) is 4.79 Å². The Balaban J connectivity index is 1.55. The van der Waals surface area contributed by atoms with Gasteiger partial charge in [-0.25, -0.2) is 5.01 Å². The Morgan fingerprint density at radius 2 is 1.75 bits per heavy atom. The molecule has 0 unspecified atom stereocenters. The van der Waals surface area contributed by atoms with E-state index in [4.69, 9.17) is 19.3 Å². The Morgan fingerprint density at radius 3 is 2.50 bits per heavy atom. The van der Waals surface area contributed by atoms with Gasteiger partial charge in [-0.05, 0) is 31.2 Å². The molecule has 3 aromatic rings. The molecule has 2 aliphatic heterocycles. The molecule has 5 rings (SSSR count). The summed E-state index contributed by atoms with van der Waals surface area (Å²) in [6, 6.07) is 21.1. The third-order valence-corrected chi connectivity index (χ3v) is 5.98. The second-order valence-electron chi connectivity index (χ2n) is 7.95. The summed E-state index contributed by atoms with van der Waals surface area (Å²) in [7, 11) is 3.22. The predicted octanol–water partition coefficient (Wildman–Crippen LogP) is 4.76. The number of carbonyl (C=O) groups excluding carboxylic acids is 1. The van der Waals surface area contributed by atoms with Crippen LogP contribution in [0.15, 0.2) is 71.8 Å². The van der Waals surface area contributed by atoms with Gasteiger partial charge in [-0.3, -0.25) is 4.79 Å². The van der Waals surface area contributed by atoms with Crippen molar-refractivity contribution in [1.29, 1.82) is 0 Å². The molecule has 0 bridgehead atoms. The zero-order valence-corrected chi connectivity index (χ0v) is 18.2. The summed E-state index contributed by atoms with van der Waals surface area (Å²) in [5.74, 6) is 1.92. The lowest BCUT2D eigenvalue weighted by molar-refractivity contribution is -0.00455. The zero-order valence-electron chi connectivity index (χ0n) is 18.2. The van der Waals surface area contributed by atoms with E-state index in [1.54, 1.807) is 19.2 Å². The number of benzene rings is 3. The maximum Gasteiger partial charge on any atom is 0.251 e. The van der Waals surface area contributed by atoms with Crippen molar-refractivity contribution in [3.8, 4) is 17.2 Å². The van der Waals surface area contributed by atoms with Crippen LogP contribution in [0.25, 0.3) is 0 Å². The third kappa shape index (κ3) is 3.38. The number of ether oxygens (including phenoxy) is 3. The summed E-state index contributed by atoms with van der Waals surface area (Å²) >= 11 is 0. The fraction of sp³-hybridized carbons (Fsp3) is 0.231. The van der Waals surface area contributed by atoms with Crippen molar-refractivity contribution >= 4 is 11.5 Å². The Morgan fingerprint density at radius 1 is 1.00 bits per heavy atom. The van der Waals surface area contributed by atoms with Gasteiger partial charge in [-0.15, -0.1) is 0 Å². The highest BCUT2D eigenvalue weighted by Gasteiger charge is 2.43. The van der Waals surface area contributed by atoms with Gasteiger partial charge in [0.05, 0.1) is 26.0 Å². The standard InChI is InChI=1S/C26H24N2O4/c1-16-8-10-17(11-9-16)25(29)26-28-21(19-6-4-5-7-22(19)32-26)15-20(27-28)18-12-13-23(30-2)24(14-18)31-3/h4-14,21,26H,15H2,1-3H3/t21-,26+/m0/s1. The summed E-state index contributed by atoms with van der Waals surface area (Å²) < 4.78 is 17.0. The van der Waals surface area contributed by atoms with Gasteiger partial charge >= 0.3 is 0 Å². The maximum absolute atomic E-state index is 13.4. The quantitative estimate of drug-likeness (QED) is 0.548. The van der Waals surface area contributed by atoms with Crippen LogP contribution in [0.1, 0.15) is 39.5 Å². The van der Waals surface area contributed by atoms with E-state index in [1.807, 2.05) is 73.7 Å². The van der Waals surface area contributed by atoms with Gasteiger partial charge < -0.3 is 14.2 Å². The first kappa shape index (κ1) is 20.1. The number of Topliss-reactive ketones (excluding diaryl/α,β-unsaturated/α-hetero) is 1. The van der Waals surface area contributed by atoms with E-state index in [0.717, 1.165) is 28.2 Å². The summed E-state index contributed by atoms with van der Waals surface area (Å²) in [6.45, 7) is 2.00. The molecule has 0 aliphatic carbocycles. The molecule has 3 aromatic carbocycles.